The molecule has 0 amide bonds. The number of sulfone groups is 1. The van der Waals surface area contributed by atoms with Gasteiger partial charge in [0.15, 0.2) is 5.96 Å². The SMILES string of the molecule is CCNC(=NCCCCCCC(C)C)NCCS(C)(=O)=O.I. The molecule has 0 fully saturated rings. The van der Waals surface area contributed by atoms with Crippen LogP contribution in [-0.2, 0) is 9.84 Å². The van der Waals surface area contributed by atoms with E-state index in [0.717, 1.165) is 25.4 Å². The maximum absolute atomic E-state index is 11.1. The van der Waals surface area contributed by atoms with E-state index in [2.05, 4.69) is 29.5 Å². The summed E-state index contributed by atoms with van der Waals surface area (Å²) >= 11 is 0. The van der Waals surface area contributed by atoms with Gasteiger partial charge in [0.05, 0.1) is 5.75 Å². The van der Waals surface area contributed by atoms with Crippen LogP contribution in [0.1, 0.15) is 52.9 Å². The summed E-state index contributed by atoms with van der Waals surface area (Å²) in [5.41, 5.74) is 0. The van der Waals surface area contributed by atoms with Gasteiger partial charge in [0.2, 0.25) is 0 Å². The summed E-state index contributed by atoms with van der Waals surface area (Å²) in [7, 11) is -2.92. The van der Waals surface area contributed by atoms with Crippen molar-refractivity contribution in [2.24, 2.45) is 10.9 Å². The van der Waals surface area contributed by atoms with E-state index in [1.54, 1.807) is 0 Å². The van der Waals surface area contributed by atoms with E-state index in [1.807, 2.05) is 6.92 Å². The Morgan fingerprint density at radius 1 is 1.09 bits per heavy atom. The zero-order valence-electron chi connectivity index (χ0n) is 14.5. The third kappa shape index (κ3) is 18.0. The fraction of sp³-hybridized carbons (Fsp3) is 0.933. The highest BCUT2D eigenvalue weighted by molar-refractivity contribution is 14.0. The van der Waals surface area contributed by atoms with Crippen molar-refractivity contribution in [3.63, 3.8) is 0 Å². The van der Waals surface area contributed by atoms with E-state index >= 15 is 0 Å². The van der Waals surface area contributed by atoms with Gasteiger partial charge in [-0.15, -0.1) is 24.0 Å². The third-order valence-corrected chi connectivity index (χ3v) is 4.01. The van der Waals surface area contributed by atoms with Gasteiger partial charge in [0, 0.05) is 25.9 Å². The molecule has 0 saturated carbocycles. The Morgan fingerprint density at radius 2 is 1.73 bits per heavy atom. The van der Waals surface area contributed by atoms with Gasteiger partial charge in [-0.3, -0.25) is 4.99 Å². The van der Waals surface area contributed by atoms with Gasteiger partial charge in [-0.25, -0.2) is 8.42 Å². The van der Waals surface area contributed by atoms with Gasteiger partial charge in [0.1, 0.15) is 9.84 Å². The number of guanidine groups is 1. The lowest BCUT2D eigenvalue weighted by molar-refractivity contribution is 0.521. The van der Waals surface area contributed by atoms with Crippen LogP contribution in [0.4, 0.5) is 0 Å². The number of nitrogens with zero attached hydrogens (tertiary/aromatic N) is 1. The number of unbranched alkanes of at least 4 members (excludes halogenated alkanes) is 3. The molecule has 0 atom stereocenters. The highest BCUT2D eigenvalue weighted by Crippen LogP contribution is 2.09. The van der Waals surface area contributed by atoms with Gasteiger partial charge in [-0.2, -0.15) is 0 Å². The number of aliphatic imine (C=N–C) groups is 1. The predicted octanol–water partition coefficient (Wildman–Crippen LogP) is 2.81. The van der Waals surface area contributed by atoms with Crippen molar-refractivity contribution < 1.29 is 8.42 Å². The van der Waals surface area contributed by atoms with Crippen molar-refractivity contribution in [2.75, 3.05) is 31.6 Å². The van der Waals surface area contributed by atoms with Crippen LogP contribution in [-0.4, -0.2) is 46.0 Å². The first-order valence-electron chi connectivity index (χ1n) is 8.05. The summed E-state index contributed by atoms with van der Waals surface area (Å²) in [5.74, 6) is 1.64. The molecular weight excluding hydrogens is 413 g/mol. The topological polar surface area (TPSA) is 70.6 Å². The summed E-state index contributed by atoms with van der Waals surface area (Å²) < 4.78 is 22.2. The van der Waals surface area contributed by atoms with Gasteiger partial charge in [-0.1, -0.05) is 39.5 Å². The van der Waals surface area contributed by atoms with Crippen LogP contribution < -0.4 is 10.6 Å². The van der Waals surface area contributed by atoms with E-state index in [9.17, 15) is 8.42 Å². The van der Waals surface area contributed by atoms with Crippen LogP contribution in [0.25, 0.3) is 0 Å². The zero-order valence-corrected chi connectivity index (χ0v) is 17.7. The van der Waals surface area contributed by atoms with Crippen molar-refractivity contribution in [2.45, 2.75) is 52.9 Å². The maximum Gasteiger partial charge on any atom is 0.191 e. The minimum Gasteiger partial charge on any atom is -0.357 e. The van der Waals surface area contributed by atoms with E-state index in [1.165, 1.54) is 31.9 Å². The summed E-state index contributed by atoms with van der Waals surface area (Å²) in [5, 5.41) is 6.18. The fourth-order valence-corrected chi connectivity index (χ4v) is 2.38. The molecule has 0 rings (SSSR count). The summed E-state index contributed by atoms with van der Waals surface area (Å²) in [4.78, 5) is 4.47. The van der Waals surface area contributed by atoms with Crippen LogP contribution in [0, 0.1) is 5.92 Å². The molecule has 0 aromatic carbocycles. The molecule has 0 aliphatic carbocycles. The highest BCUT2D eigenvalue weighted by Gasteiger charge is 2.02. The molecular formula is C15H34IN3O2S. The largest absolute Gasteiger partial charge is 0.357 e. The Hall–Kier alpha value is -0.0500. The van der Waals surface area contributed by atoms with Crippen LogP contribution in [0.2, 0.25) is 0 Å². The highest BCUT2D eigenvalue weighted by atomic mass is 127. The first kappa shape index (κ1) is 24.2. The minimum absolute atomic E-state index is 0. The van der Waals surface area contributed by atoms with Crippen LogP contribution in [0.15, 0.2) is 4.99 Å². The van der Waals surface area contributed by atoms with E-state index in [-0.39, 0.29) is 29.7 Å². The van der Waals surface area contributed by atoms with Gasteiger partial charge in [-0.05, 0) is 19.3 Å². The van der Waals surface area contributed by atoms with E-state index in [4.69, 9.17) is 0 Å². The number of halogens is 1. The molecule has 0 saturated heterocycles. The van der Waals surface area contributed by atoms with Gasteiger partial charge < -0.3 is 10.6 Å². The Labute approximate surface area is 154 Å². The first-order valence-corrected chi connectivity index (χ1v) is 10.1. The molecule has 7 heteroatoms. The molecule has 0 bridgehead atoms. The molecule has 2 N–H and O–H groups in total. The van der Waals surface area contributed by atoms with Crippen molar-refractivity contribution >= 4 is 39.8 Å². The lowest BCUT2D eigenvalue weighted by atomic mass is 10.0. The number of rotatable bonds is 11. The molecule has 22 heavy (non-hydrogen) atoms. The van der Waals surface area contributed by atoms with Crippen molar-refractivity contribution in [3.8, 4) is 0 Å². The lowest BCUT2D eigenvalue weighted by Gasteiger charge is -2.10. The van der Waals surface area contributed by atoms with Crippen molar-refractivity contribution in [3.05, 3.63) is 0 Å². The van der Waals surface area contributed by atoms with Crippen LogP contribution in [0.5, 0.6) is 0 Å². The molecule has 0 unspecified atom stereocenters. The van der Waals surface area contributed by atoms with E-state index < -0.39 is 9.84 Å². The van der Waals surface area contributed by atoms with Crippen molar-refractivity contribution in [1.29, 1.82) is 0 Å². The van der Waals surface area contributed by atoms with Crippen molar-refractivity contribution in [1.82, 2.24) is 10.6 Å². The van der Waals surface area contributed by atoms with Gasteiger partial charge in [0.25, 0.3) is 0 Å². The third-order valence-electron chi connectivity index (χ3n) is 3.07. The number of hydrogen-bond acceptors (Lipinski definition) is 3. The average Bonchev–Trinajstić information content (AvgIpc) is 2.35. The average molecular weight is 447 g/mol. The van der Waals surface area contributed by atoms with Crippen LogP contribution >= 0.6 is 24.0 Å². The Balaban J connectivity index is 0. The summed E-state index contributed by atoms with van der Waals surface area (Å²) in [6.45, 7) is 8.48. The Morgan fingerprint density at radius 3 is 2.27 bits per heavy atom. The second kappa shape index (κ2) is 14.5. The molecule has 5 nitrogen and oxygen atoms in total. The Bertz CT molecular complexity index is 384. The number of nitrogens with one attached hydrogen (secondary N) is 2. The molecule has 134 valence electrons. The maximum atomic E-state index is 11.1. The van der Waals surface area contributed by atoms with Crippen LogP contribution in [0.3, 0.4) is 0 Å². The quantitative estimate of drug-likeness (QED) is 0.221. The molecule has 0 aliphatic rings. The molecule has 0 aromatic rings. The Kier molecular flexibility index (Phi) is 16.0. The zero-order chi connectivity index (χ0) is 16.1. The summed E-state index contributed by atoms with van der Waals surface area (Å²) in [6.07, 6.45) is 7.41. The second-order valence-electron chi connectivity index (χ2n) is 5.91. The normalized spacial score (nSPS) is 12.1. The molecule has 0 spiro atoms. The molecule has 0 aliphatic heterocycles. The lowest BCUT2D eigenvalue weighted by Crippen LogP contribution is -2.39. The number of hydrogen-bond donors (Lipinski definition) is 2. The smallest absolute Gasteiger partial charge is 0.191 e. The predicted molar refractivity (Wildman–Crippen MR) is 107 cm³/mol. The standard InChI is InChI=1S/C15H33N3O2S.HI/c1-5-16-15(18-12-13-21(4,19)20)17-11-9-7-6-8-10-14(2)3;/h14H,5-13H2,1-4H3,(H2,16,17,18);1H. The first-order chi connectivity index (χ1) is 9.85. The molecule has 0 aromatic heterocycles. The van der Waals surface area contributed by atoms with E-state index in [0.29, 0.717) is 12.5 Å². The van der Waals surface area contributed by atoms with Gasteiger partial charge >= 0.3 is 0 Å². The minimum atomic E-state index is -2.92. The summed E-state index contributed by atoms with van der Waals surface area (Å²) in [6, 6.07) is 0. The second-order valence-corrected chi connectivity index (χ2v) is 8.17. The molecule has 0 heterocycles. The monoisotopic (exact) mass is 447 g/mol. The molecule has 0 radical (unpaired) electrons. The fourth-order valence-electron chi connectivity index (χ4n) is 1.91.